The highest BCUT2D eigenvalue weighted by Gasteiger charge is 2.25. The van der Waals surface area contributed by atoms with Crippen LogP contribution in [0.3, 0.4) is 0 Å². The third kappa shape index (κ3) is 4.59. The predicted octanol–water partition coefficient (Wildman–Crippen LogP) is 2.17. The highest BCUT2D eigenvalue weighted by molar-refractivity contribution is 6.06. The second-order valence-electron chi connectivity index (χ2n) is 6.00. The summed E-state index contributed by atoms with van der Waals surface area (Å²) in [4.78, 5) is 26.8. The van der Waals surface area contributed by atoms with Crippen LogP contribution in [0.25, 0.3) is 6.08 Å². The molecule has 142 valence electrons. The summed E-state index contributed by atoms with van der Waals surface area (Å²) in [5.41, 5.74) is 1.41. The molecule has 0 saturated carbocycles. The molecule has 2 aromatic rings. The topological polar surface area (TPSA) is 76.5 Å². The Morgan fingerprint density at radius 3 is 2.63 bits per heavy atom. The Morgan fingerprint density at radius 1 is 1.26 bits per heavy atom. The summed E-state index contributed by atoms with van der Waals surface area (Å²) in [6, 6.07) is 5.78. The van der Waals surface area contributed by atoms with Crippen molar-refractivity contribution in [3.63, 3.8) is 0 Å². The number of carbonyl (C=O) groups is 2. The van der Waals surface area contributed by atoms with Crippen LogP contribution in [0, 0.1) is 5.82 Å². The average Bonchev–Trinajstić information content (AvgIpc) is 3.10. The van der Waals surface area contributed by atoms with Crippen LogP contribution in [-0.4, -0.2) is 52.8 Å². The smallest absolute Gasteiger partial charge is 0.274 e. The Morgan fingerprint density at radius 2 is 1.96 bits per heavy atom. The predicted molar refractivity (Wildman–Crippen MR) is 98.7 cm³/mol. The van der Waals surface area contributed by atoms with Crippen molar-refractivity contribution in [2.45, 2.75) is 13.5 Å². The molecule has 0 aliphatic carbocycles. The Hall–Kier alpha value is -3.00. The summed E-state index contributed by atoms with van der Waals surface area (Å²) in [6.45, 7) is 4.38. The fourth-order valence-electron chi connectivity index (χ4n) is 2.78. The van der Waals surface area contributed by atoms with Crippen molar-refractivity contribution in [2.24, 2.45) is 0 Å². The summed E-state index contributed by atoms with van der Waals surface area (Å²) in [5.74, 6) is -0.920. The highest BCUT2D eigenvalue weighted by Crippen LogP contribution is 2.18. The molecule has 0 spiro atoms. The van der Waals surface area contributed by atoms with E-state index >= 15 is 0 Å². The second-order valence-corrected chi connectivity index (χ2v) is 6.00. The van der Waals surface area contributed by atoms with Gasteiger partial charge in [0.1, 0.15) is 11.5 Å². The number of morpholine rings is 1. The van der Waals surface area contributed by atoms with Crippen LogP contribution in [0.1, 0.15) is 23.0 Å². The summed E-state index contributed by atoms with van der Waals surface area (Å²) in [7, 11) is 0. The Bertz CT molecular complexity index is 839. The zero-order valence-electron chi connectivity index (χ0n) is 15.0. The van der Waals surface area contributed by atoms with Crippen LogP contribution in [0.15, 0.2) is 36.5 Å². The second kappa shape index (κ2) is 8.59. The van der Waals surface area contributed by atoms with Gasteiger partial charge in [-0.05, 0) is 30.7 Å². The van der Waals surface area contributed by atoms with Crippen molar-refractivity contribution in [1.82, 2.24) is 14.7 Å². The molecule has 3 rings (SSSR count). The zero-order chi connectivity index (χ0) is 19.2. The van der Waals surface area contributed by atoms with E-state index in [0.717, 1.165) is 0 Å². The monoisotopic (exact) mass is 372 g/mol. The molecule has 1 aliphatic heterocycles. The standard InChI is InChI=1S/C19H21FN4O3/c1-2-24-18(19(26)23-9-11-27-12-10-23)16(13-21-24)22-17(25)8-5-14-3-6-15(20)7-4-14/h3-8,13H,2,9-12H2,1H3,(H,22,25)/b8-5+. The van der Waals surface area contributed by atoms with Gasteiger partial charge >= 0.3 is 0 Å². The van der Waals surface area contributed by atoms with Gasteiger partial charge in [0.05, 0.1) is 25.1 Å². The quantitative estimate of drug-likeness (QED) is 0.816. The van der Waals surface area contributed by atoms with Crippen LogP contribution in [0.2, 0.25) is 0 Å². The summed E-state index contributed by atoms with van der Waals surface area (Å²) >= 11 is 0. The number of hydrogen-bond acceptors (Lipinski definition) is 4. The molecular formula is C19H21FN4O3. The zero-order valence-corrected chi connectivity index (χ0v) is 15.0. The molecule has 1 N–H and O–H groups in total. The fraction of sp³-hybridized carbons (Fsp3) is 0.316. The van der Waals surface area contributed by atoms with Crippen LogP contribution in [0.5, 0.6) is 0 Å². The van der Waals surface area contributed by atoms with E-state index in [1.54, 1.807) is 27.8 Å². The first-order chi connectivity index (χ1) is 13.1. The minimum Gasteiger partial charge on any atom is -0.378 e. The van der Waals surface area contributed by atoms with Gasteiger partial charge in [-0.1, -0.05) is 12.1 Å². The molecule has 0 radical (unpaired) electrons. The first-order valence-corrected chi connectivity index (χ1v) is 8.76. The number of amides is 2. The Labute approximate surface area is 156 Å². The lowest BCUT2D eigenvalue weighted by Gasteiger charge is -2.27. The van der Waals surface area contributed by atoms with Crippen molar-refractivity contribution < 1.29 is 18.7 Å². The highest BCUT2D eigenvalue weighted by atomic mass is 19.1. The minimum absolute atomic E-state index is 0.185. The van der Waals surface area contributed by atoms with Gasteiger partial charge in [-0.3, -0.25) is 14.3 Å². The van der Waals surface area contributed by atoms with Crippen molar-refractivity contribution in [1.29, 1.82) is 0 Å². The first kappa shape index (κ1) is 18.8. The molecule has 0 bridgehead atoms. The number of aryl methyl sites for hydroxylation is 1. The molecule has 2 heterocycles. The number of hydrogen-bond donors (Lipinski definition) is 1. The molecule has 1 fully saturated rings. The first-order valence-electron chi connectivity index (χ1n) is 8.76. The lowest BCUT2D eigenvalue weighted by Crippen LogP contribution is -2.41. The Balaban J connectivity index is 1.74. The van der Waals surface area contributed by atoms with E-state index in [9.17, 15) is 14.0 Å². The molecular weight excluding hydrogens is 351 g/mol. The van der Waals surface area contributed by atoms with Gasteiger partial charge in [0, 0.05) is 25.7 Å². The molecule has 27 heavy (non-hydrogen) atoms. The lowest BCUT2D eigenvalue weighted by atomic mass is 10.2. The number of anilines is 1. The lowest BCUT2D eigenvalue weighted by molar-refractivity contribution is -0.111. The SMILES string of the molecule is CCn1ncc(NC(=O)/C=C/c2ccc(F)cc2)c1C(=O)N1CCOCC1. The minimum atomic E-state index is -0.397. The van der Waals surface area contributed by atoms with Crippen molar-refractivity contribution in [3.8, 4) is 0 Å². The molecule has 8 heteroatoms. The van der Waals surface area contributed by atoms with Gasteiger partial charge in [0.25, 0.3) is 5.91 Å². The number of benzene rings is 1. The van der Waals surface area contributed by atoms with Crippen LogP contribution in [0.4, 0.5) is 10.1 Å². The van der Waals surface area contributed by atoms with Crippen LogP contribution in [-0.2, 0) is 16.1 Å². The van der Waals surface area contributed by atoms with E-state index in [2.05, 4.69) is 10.4 Å². The average molecular weight is 372 g/mol. The molecule has 7 nitrogen and oxygen atoms in total. The molecule has 0 unspecified atom stereocenters. The Kier molecular flexibility index (Phi) is 5.97. The van der Waals surface area contributed by atoms with Gasteiger partial charge in [0.2, 0.25) is 5.91 Å². The van der Waals surface area contributed by atoms with Crippen molar-refractivity contribution in [3.05, 3.63) is 53.6 Å². The fourth-order valence-corrected chi connectivity index (χ4v) is 2.78. The molecule has 1 aliphatic rings. The van der Waals surface area contributed by atoms with Crippen molar-refractivity contribution in [2.75, 3.05) is 31.6 Å². The van der Waals surface area contributed by atoms with E-state index in [0.29, 0.717) is 49.8 Å². The van der Waals surface area contributed by atoms with Crippen LogP contribution < -0.4 is 5.32 Å². The number of ether oxygens (including phenoxy) is 1. The van der Waals surface area contributed by atoms with Gasteiger partial charge in [-0.15, -0.1) is 0 Å². The number of aromatic nitrogens is 2. The third-order valence-electron chi connectivity index (χ3n) is 4.19. The molecule has 1 saturated heterocycles. The molecule has 0 atom stereocenters. The van der Waals surface area contributed by atoms with E-state index in [-0.39, 0.29) is 11.7 Å². The van der Waals surface area contributed by atoms with Gasteiger partial charge in [-0.2, -0.15) is 5.10 Å². The maximum absolute atomic E-state index is 12.9. The van der Waals surface area contributed by atoms with Gasteiger partial charge < -0.3 is 15.0 Å². The maximum Gasteiger partial charge on any atom is 0.274 e. The number of carbonyl (C=O) groups excluding carboxylic acids is 2. The van der Waals surface area contributed by atoms with Crippen LogP contribution >= 0.6 is 0 Å². The van der Waals surface area contributed by atoms with Gasteiger partial charge in [-0.25, -0.2) is 4.39 Å². The third-order valence-corrected chi connectivity index (χ3v) is 4.19. The number of nitrogens with one attached hydrogen (secondary N) is 1. The number of halogens is 1. The van der Waals surface area contributed by atoms with E-state index in [1.165, 1.54) is 24.4 Å². The number of nitrogens with zero attached hydrogens (tertiary/aromatic N) is 3. The number of rotatable bonds is 5. The van der Waals surface area contributed by atoms with E-state index in [1.807, 2.05) is 6.92 Å². The summed E-state index contributed by atoms with van der Waals surface area (Å²) < 4.78 is 19.8. The molecule has 1 aromatic heterocycles. The van der Waals surface area contributed by atoms with E-state index < -0.39 is 5.91 Å². The maximum atomic E-state index is 12.9. The normalized spacial score (nSPS) is 14.5. The molecule has 2 amide bonds. The van der Waals surface area contributed by atoms with Crippen molar-refractivity contribution >= 4 is 23.6 Å². The summed E-state index contributed by atoms with van der Waals surface area (Å²) in [5, 5.41) is 6.89. The van der Waals surface area contributed by atoms with Gasteiger partial charge in [0.15, 0.2) is 0 Å². The molecule has 1 aromatic carbocycles. The summed E-state index contributed by atoms with van der Waals surface area (Å²) in [6.07, 6.45) is 4.38. The largest absolute Gasteiger partial charge is 0.378 e. The van der Waals surface area contributed by atoms with E-state index in [4.69, 9.17) is 4.74 Å².